The topological polar surface area (TPSA) is 9.23 Å². The van der Waals surface area contributed by atoms with Gasteiger partial charge in [-0.05, 0) is 51.7 Å². The highest BCUT2D eigenvalue weighted by molar-refractivity contribution is 9.10. The summed E-state index contributed by atoms with van der Waals surface area (Å²) in [5.41, 5.74) is 2.09. The monoisotopic (exact) mass is 358 g/mol. The molecule has 2 aromatic carbocycles. The van der Waals surface area contributed by atoms with Crippen molar-refractivity contribution in [2.75, 3.05) is 7.11 Å². The summed E-state index contributed by atoms with van der Waals surface area (Å²) < 4.78 is 6.11. The summed E-state index contributed by atoms with van der Waals surface area (Å²) in [6.45, 7) is 0. The maximum absolute atomic E-state index is 6.46. The van der Waals surface area contributed by atoms with Crippen LogP contribution in [0, 0.1) is 0 Å². The molecule has 0 aliphatic rings. The highest BCUT2D eigenvalue weighted by Crippen LogP contribution is 2.33. The van der Waals surface area contributed by atoms with Crippen LogP contribution in [-0.4, -0.2) is 7.11 Å². The zero-order valence-corrected chi connectivity index (χ0v) is 13.5. The second-order valence-corrected chi connectivity index (χ2v) is 5.95. The number of hydrogen-bond acceptors (Lipinski definition) is 1. The number of ether oxygens (including phenoxy) is 1. The molecule has 0 heterocycles. The Hall–Kier alpha value is -0.700. The molecule has 0 radical (unpaired) electrons. The second-order valence-electron chi connectivity index (χ2n) is 4.16. The molecule has 1 nitrogen and oxygen atoms in total. The number of hydrogen-bond donors (Lipinski definition) is 0. The Morgan fingerprint density at radius 3 is 2.58 bits per heavy atom. The maximum Gasteiger partial charge on any atom is 0.133 e. The van der Waals surface area contributed by atoms with Crippen LogP contribution in [0.5, 0.6) is 5.75 Å². The van der Waals surface area contributed by atoms with Gasteiger partial charge in [-0.2, -0.15) is 0 Å². The van der Waals surface area contributed by atoms with E-state index in [-0.39, 0.29) is 5.38 Å². The average molecular weight is 360 g/mol. The molecule has 0 amide bonds. The summed E-state index contributed by atoms with van der Waals surface area (Å²) in [6.07, 6.45) is 0.694. The van der Waals surface area contributed by atoms with Crippen LogP contribution in [0.2, 0.25) is 5.02 Å². The van der Waals surface area contributed by atoms with Crippen LogP contribution in [0.15, 0.2) is 46.9 Å². The van der Waals surface area contributed by atoms with Gasteiger partial charge in [-0.25, -0.2) is 0 Å². The molecule has 2 rings (SSSR count). The van der Waals surface area contributed by atoms with E-state index >= 15 is 0 Å². The summed E-state index contributed by atoms with van der Waals surface area (Å²) in [4.78, 5) is 0. The van der Waals surface area contributed by atoms with Crippen LogP contribution in [0.25, 0.3) is 0 Å². The largest absolute Gasteiger partial charge is 0.496 e. The number of alkyl halides is 1. The van der Waals surface area contributed by atoms with Crippen molar-refractivity contribution in [1.82, 2.24) is 0 Å². The van der Waals surface area contributed by atoms with E-state index in [0.717, 1.165) is 26.4 Å². The maximum atomic E-state index is 6.46. The Morgan fingerprint density at radius 2 is 1.95 bits per heavy atom. The molecule has 0 saturated heterocycles. The lowest BCUT2D eigenvalue weighted by molar-refractivity contribution is 0.412. The van der Waals surface area contributed by atoms with Crippen molar-refractivity contribution in [3.8, 4) is 5.75 Å². The van der Waals surface area contributed by atoms with E-state index < -0.39 is 0 Å². The normalized spacial score (nSPS) is 12.2. The van der Waals surface area contributed by atoms with Gasteiger partial charge in [0.1, 0.15) is 5.75 Å². The predicted octanol–water partition coefficient (Wildman–Crippen LogP) is 5.63. The van der Waals surface area contributed by atoms with Crippen molar-refractivity contribution < 1.29 is 4.74 Å². The van der Waals surface area contributed by atoms with Crippen molar-refractivity contribution in [3.05, 3.63) is 63.1 Å². The summed E-state index contributed by atoms with van der Waals surface area (Å²) in [7, 11) is 1.64. The van der Waals surface area contributed by atoms with Crippen molar-refractivity contribution in [2.45, 2.75) is 11.8 Å². The van der Waals surface area contributed by atoms with E-state index in [0.29, 0.717) is 6.42 Å². The van der Waals surface area contributed by atoms with Crippen molar-refractivity contribution in [3.63, 3.8) is 0 Å². The van der Waals surface area contributed by atoms with Crippen LogP contribution < -0.4 is 4.74 Å². The second kappa shape index (κ2) is 6.65. The number of methoxy groups -OCH3 is 1. The number of halogens is 3. The molecule has 0 fully saturated rings. The molecule has 100 valence electrons. The molecule has 0 N–H and O–H groups in total. The fourth-order valence-electron chi connectivity index (χ4n) is 1.85. The average Bonchev–Trinajstić information content (AvgIpc) is 2.41. The van der Waals surface area contributed by atoms with Crippen LogP contribution in [0.3, 0.4) is 0 Å². The molecule has 19 heavy (non-hydrogen) atoms. The lowest BCUT2D eigenvalue weighted by Gasteiger charge is -2.13. The minimum absolute atomic E-state index is 0.123. The zero-order valence-electron chi connectivity index (χ0n) is 10.4. The fourth-order valence-corrected chi connectivity index (χ4v) is 2.93. The van der Waals surface area contributed by atoms with Crippen LogP contribution in [-0.2, 0) is 6.42 Å². The van der Waals surface area contributed by atoms with Gasteiger partial charge in [0.2, 0.25) is 0 Å². The van der Waals surface area contributed by atoms with Gasteiger partial charge in [0.15, 0.2) is 0 Å². The SMILES string of the molecule is COc1ccc(C(Cl)Cc2ccccc2Cl)cc1Br. The van der Waals surface area contributed by atoms with Crippen LogP contribution >= 0.6 is 39.1 Å². The minimum atomic E-state index is -0.123. The van der Waals surface area contributed by atoms with Gasteiger partial charge >= 0.3 is 0 Å². The molecule has 0 aromatic heterocycles. The predicted molar refractivity (Wildman–Crippen MR) is 84.4 cm³/mol. The molecule has 1 atom stereocenters. The molecule has 1 unspecified atom stereocenters. The van der Waals surface area contributed by atoms with Crippen LogP contribution in [0.4, 0.5) is 0 Å². The Kier molecular flexibility index (Phi) is 5.14. The summed E-state index contributed by atoms with van der Waals surface area (Å²) >= 11 is 16.1. The van der Waals surface area contributed by atoms with Crippen molar-refractivity contribution in [1.29, 1.82) is 0 Å². The van der Waals surface area contributed by atoms with Crippen molar-refractivity contribution >= 4 is 39.1 Å². The number of benzene rings is 2. The van der Waals surface area contributed by atoms with Gasteiger partial charge < -0.3 is 4.74 Å². The van der Waals surface area contributed by atoms with E-state index in [9.17, 15) is 0 Å². The first-order chi connectivity index (χ1) is 9.11. The van der Waals surface area contributed by atoms with E-state index in [1.54, 1.807) is 7.11 Å². The molecular weight excluding hydrogens is 347 g/mol. The minimum Gasteiger partial charge on any atom is -0.496 e. The summed E-state index contributed by atoms with van der Waals surface area (Å²) in [5, 5.41) is 0.628. The molecule has 0 spiro atoms. The zero-order chi connectivity index (χ0) is 13.8. The van der Waals surface area contributed by atoms with E-state index in [1.165, 1.54) is 0 Å². The van der Waals surface area contributed by atoms with Gasteiger partial charge in [0, 0.05) is 5.02 Å². The Bertz CT molecular complexity index is 572. The third kappa shape index (κ3) is 3.65. The summed E-state index contributed by atoms with van der Waals surface area (Å²) in [6, 6.07) is 13.6. The Balaban J connectivity index is 2.18. The van der Waals surface area contributed by atoms with Gasteiger partial charge in [-0.3, -0.25) is 0 Å². The third-order valence-electron chi connectivity index (χ3n) is 2.89. The lowest BCUT2D eigenvalue weighted by Crippen LogP contribution is -1.97. The number of rotatable bonds is 4. The fraction of sp³-hybridized carbons (Fsp3) is 0.200. The van der Waals surface area contributed by atoms with Gasteiger partial charge in [0.05, 0.1) is 17.0 Å². The van der Waals surface area contributed by atoms with Crippen LogP contribution in [0.1, 0.15) is 16.5 Å². The van der Waals surface area contributed by atoms with E-state index in [2.05, 4.69) is 15.9 Å². The molecule has 0 aliphatic carbocycles. The molecule has 0 bridgehead atoms. The standard InChI is InChI=1S/C15H13BrCl2O/c1-19-15-7-6-11(8-12(15)16)14(18)9-10-4-2-3-5-13(10)17/h2-8,14H,9H2,1H3. The Labute approximate surface area is 131 Å². The smallest absolute Gasteiger partial charge is 0.133 e. The molecule has 0 saturated carbocycles. The first kappa shape index (κ1) is 14.7. The molecule has 4 heteroatoms. The van der Waals surface area contributed by atoms with Gasteiger partial charge in [-0.15, -0.1) is 11.6 Å². The molecule has 2 aromatic rings. The van der Waals surface area contributed by atoms with Gasteiger partial charge in [0.25, 0.3) is 0 Å². The lowest BCUT2D eigenvalue weighted by atomic mass is 10.0. The summed E-state index contributed by atoms with van der Waals surface area (Å²) in [5.74, 6) is 0.797. The highest BCUT2D eigenvalue weighted by atomic mass is 79.9. The van der Waals surface area contributed by atoms with Gasteiger partial charge in [-0.1, -0.05) is 35.9 Å². The van der Waals surface area contributed by atoms with Crippen molar-refractivity contribution in [2.24, 2.45) is 0 Å². The molecular formula is C15H13BrCl2O. The Morgan fingerprint density at radius 1 is 1.21 bits per heavy atom. The molecule has 0 aliphatic heterocycles. The first-order valence-electron chi connectivity index (χ1n) is 5.82. The third-order valence-corrected chi connectivity index (χ3v) is 4.29. The van der Waals surface area contributed by atoms with E-state index in [1.807, 2.05) is 42.5 Å². The highest BCUT2D eigenvalue weighted by Gasteiger charge is 2.12. The van der Waals surface area contributed by atoms with E-state index in [4.69, 9.17) is 27.9 Å². The first-order valence-corrected chi connectivity index (χ1v) is 7.43. The quantitative estimate of drug-likeness (QED) is 0.642.